The minimum absolute atomic E-state index is 0.104. The lowest BCUT2D eigenvalue weighted by Gasteiger charge is -2.08. The highest BCUT2D eigenvalue weighted by Crippen LogP contribution is 2.22. The average Bonchev–Trinajstić information content (AvgIpc) is 2.29. The molecule has 0 amide bonds. The van der Waals surface area contributed by atoms with Gasteiger partial charge in [-0.25, -0.2) is 21.9 Å². The smallest absolute Gasteiger partial charge is 0.243 e. The van der Waals surface area contributed by atoms with Gasteiger partial charge in [0.05, 0.1) is 4.47 Å². The second-order valence-corrected chi connectivity index (χ2v) is 6.04. The first-order valence-electron chi connectivity index (χ1n) is 5.23. The number of hydrogen-bond donors (Lipinski definition) is 2. The molecule has 0 aliphatic rings. The van der Waals surface area contributed by atoms with Crippen molar-refractivity contribution in [3.8, 4) is 0 Å². The van der Waals surface area contributed by atoms with Crippen molar-refractivity contribution in [1.29, 1.82) is 0 Å². The molecule has 0 heterocycles. The Hall–Kier alpha value is -0.570. The highest BCUT2D eigenvalue weighted by atomic mass is 79.9. The molecule has 0 unspecified atom stereocenters. The van der Waals surface area contributed by atoms with Crippen LogP contribution < -0.4 is 10.0 Å². The van der Waals surface area contributed by atoms with E-state index in [1.165, 1.54) is 0 Å². The summed E-state index contributed by atoms with van der Waals surface area (Å²) in [5.74, 6) is -1.83. The fourth-order valence-corrected chi connectivity index (χ4v) is 2.65. The lowest BCUT2D eigenvalue weighted by Crippen LogP contribution is -2.32. The Morgan fingerprint density at radius 2 is 1.89 bits per heavy atom. The van der Waals surface area contributed by atoms with Crippen LogP contribution in [-0.4, -0.2) is 28.1 Å². The van der Waals surface area contributed by atoms with Gasteiger partial charge in [-0.3, -0.25) is 0 Å². The van der Waals surface area contributed by atoms with Crippen LogP contribution >= 0.6 is 15.9 Å². The average molecular weight is 343 g/mol. The third-order valence-corrected chi connectivity index (χ3v) is 4.19. The van der Waals surface area contributed by atoms with E-state index in [2.05, 4.69) is 26.0 Å². The van der Waals surface area contributed by atoms with E-state index in [9.17, 15) is 17.2 Å². The summed E-state index contributed by atoms with van der Waals surface area (Å²) in [5, 5.41) is 2.91. The van der Waals surface area contributed by atoms with E-state index < -0.39 is 26.6 Å². The van der Waals surface area contributed by atoms with Gasteiger partial charge in [0, 0.05) is 13.1 Å². The van der Waals surface area contributed by atoms with E-state index in [1.807, 2.05) is 6.92 Å². The van der Waals surface area contributed by atoms with Crippen molar-refractivity contribution in [2.75, 3.05) is 19.6 Å². The monoisotopic (exact) mass is 342 g/mol. The molecule has 0 aliphatic carbocycles. The van der Waals surface area contributed by atoms with Gasteiger partial charge in [-0.1, -0.05) is 6.92 Å². The number of sulfonamides is 1. The highest BCUT2D eigenvalue weighted by Gasteiger charge is 2.20. The van der Waals surface area contributed by atoms with Crippen molar-refractivity contribution < 1.29 is 17.2 Å². The Kier molecular flexibility index (Phi) is 5.64. The number of likely N-dealkylation sites (N-methyl/N-ethyl adjacent to an activating group) is 1. The van der Waals surface area contributed by atoms with Gasteiger partial charge < -0.3 is 5.32 Å². The maximum atomic E-state index is 13.5. The number of nitrogens with one attached hydrogen (secondary N) is 2. The lowest BCUT2D eigenvalue weighted by molar-refractivity contribution is 0.542. The molecule has 18 heavy (non-hydrogen) atoms. The summed E-state index contributed by atoms with van der Waals surface area (Å²) in [4.78, 5) is -0.695. The first-order valence-corrected chi connectivity index (χ1v) is 7.51. The topological polar surface area (TPSA) is 58.2 Å². The Balaban J connectivity index is 2.88. The summed E-state index contributed by atoms with van der Waals surface area (Å²) in [6, 6.07) is 1.43. The van der Waals surface area contributed by atoms with Gasteiger partial charge in [0.25, 0.3) is 0 Å². The summed E-state index contributed by atoms with van der Waals surface area (Å²) in [5.41, 5.74) is 0. The molecule has 8 heteroatoms. The van der Waals surface area contributed by atoms with Crippen LogP contribution in [-0.2, 0) is 10.0 Å². The van der Waals surface area contributed by atoms with Gasteiger partial charge in [0.15, 0.2) is 0 Å². The fraction of sp³-hybridized carbons (Fsp3) is 0.400. The van der Waals surface area contributed by atoms with E-state index in [4.69, 9.17) is 0 Å². The summed E-state index contributed by atoms with van der Waals surface area (Å²) in [6.45, 7) is 3.09. The Morgan fingerprint density at radius 1 is 1.22 bits per heavy atom. The first kappa shape index (κ1) is 15.5. The predicted octanol–water partition coefficient (Wildman–Crippen LogP) is 1.62. The molecule has 0 atom stereocenters. The number of hydrogen-bond acceptors (Lipinski definition) is 3. The van der Waals surface area contributed by atoms with Crippen molar-refractivity contribution in [3.05, 3.63) is 28.2 Å². The van der Waals surface area contributed by atoms with Crippen LogP contribution in [0, 0.1) is 11.6 Å². The second-order valence-electron chi connectivity index (χ2n) is 3.45. The van der Waals surface area contributed by atoms with Crippen LogP contribution in [0.4, 0.5) is 8.78 Å². The maximum absolute atomic E-state index is 13.5. The molecular formula is C10H13BrF2N2O2S. The van der Waals surface area contributed by atoms with Gasteiger partial charge in [-0.15, -0.1) is 0 Å². The van der Waals surface area contributed by atoms with E-state index >= 15 is 0 Å². The lowest BCUT2D eigenvalue weighted by atomic mass is 10.3. The SMILES string of the molecule is CCNCCNS(=O)(=O)c1cc(F)c(Br)cc1F. The van der Waals surface area contributed by atoms with Crippen molar-refractivity contribution >= 4 is 26.0 Å². The second kappa shape index (κ2) is 6.55. The minimum Gasteiger partial charge on any atom is -0.316 e. The van der Waals surface area contributed by atoms with Crippen molar-refractivity contribution in [2.45, 2.75) is 11.8 Å². The van der Waals surface area contributed by atoms with Crippen molar-refractivity contribution in [1.82, 2.24) is 10.0 Å². The molecule has 0 aliphatic heterocycles. The molecule has 1 rings (SSSR count). The quantitative estimate of drug-likeness (QED) is 0.610. The molecule has 0 bridgehead atoms. The van der Waals surface area contributed by atoms with Gasteiger partial charge in [-0.05, 0) is 34.6 Å². The summed E-state index contributed by atoms with van der Waals surface area (Å²) in [7, 11) is -4.04. The standard InChI is InChI=1S/C10H13BrF2N2O2S/c1-2-14-3-4-15-18(16,17)10-6-8(12)7(11)5-9(10)13/h5-6,14-15H,2-4H2,1H3. The molecule has 0 spiro atoms. The molecule has 102 valence electrons. The van der Waals surface area contributed by atoms with E-state index in [-0.39, 0.29) is 11.0 Å². The Labute approximate surface area is 113 Å². The molecule has 0 aromatic heterocycles. The van der Waals surface area contributed by atoms with Crippen LogP contribution in [0.3, 0.4) is 0 Å². The molecule has 4 nitrogen and oxygen atoms in total. The predicted molar refractivity (Wildman–Crippen MR) is 67.8 cm³/mol. The van der Waals surface area contributed by atoms with Crippen LogP contribution in [0.2, 0.25) is 0 Å². The maximum Gasteiger partial charge on any atom is 0.243 e. The van der Waals surface area contributed by atoms with Crippen LogP contribution in [0.1, 0.15) is 6.92 Å². The van der Waals surface area contributed by atoms with Crippen LogP contribution in [0.15, 0.2) is 21.5 Å². The summed E-state index contributed by atoms with van der Waals surface area (Å²) >= 11 is 2.78. The first-order chi connectivity index (χ1) is 8.38. The normalized spacial score (nSPS) is 11.8. The molecule has 0 saturated heterocycles. The van der Waals surface area contributed by atoms with Crippen molar-refractivity contribution in [3.63, 3.8) is 0 Å². The molecule has 0 radical (unpaired) electrons. The summed E-state index contributed by atoms with van der Waals surface area (Å²) in [6.07, 6.45) is 0. The Bertz CT molecular complexity index is 523. The molecule has 1 aromatic rings. The van der Waals surface area contributed by atoms with Gasteiger partial charge >= 0.3 is 0 Å². The minimum atomic E-state index is -4.04. The van der Waals surface area contributed by atoms with E-state index in [0.29, 0.717) is 19.2 Å². The Morgan fingerprint density at radius 3 is 2.50 bits per heavy atom. The van der Waals surface area contributed by atoms with Gasteiger partial charge in [-0.2, -0.15) is 0 Å². The third-order valence-electron chi connectivity index (χ3n) is 2.11. The summed E-state index contributed by atoms with van der Waals surface area (Å²) < 4.78 is 52.2. The number of halogens is 3. The zero-order valence-electron chi connectivity index (χ0n) is 9.63. The van der Waals surface area contributed by atoms with Crippen molar-refractivity contribution in [2.24, 2.45) is 0 Å². The molecule has 2 N–H and O–H groups in total. The number of benzene rings is 1. The highest BCUT2D eigenvalue weighted by molar-refractivity contribution is 9.10. The molecule has 1 aromatic carbocycles. The van der Waals surface area contributed by atoms with Gasteiger partial charge in [0.1, 0.15) is 16.5 Å². The molecular weight excluding hydrogens is 330 g/mol. The number of rotatable bonds is 6. The molecule has 0 fully saturated rings. The fourth-order valence-electron chi connectivity index (χ4n) is 1.24. The zero-order valence-corrected chi connectivity index (χ0v) is 12.0. The van der Waals surface area contributed by atoms with Crippen LogP contribution in [0.5, 0.6) is 0 Å². The van der Waals surface area contributed by atoms with Gasteiger partial charge in [0.2, 0.25) is 10.0 Å². The third kappa shape index (κ3) is 3.98. The zero-order chi connectivity index (χ0) is 13.8. The largest absolute Gasteiger partial charge is 0.316 e. The van der Waals surface area contributed by atoms with Crippen LogP contribution in [0.25, 0.3) is 0 Å². The molecule has 0 saturated carbocycles. The van der Waals surface area contributed by atoms with E-state index in [0.717, 1.165) is 6.07 Å². The van der Waals surface area contributed by atoms with E-state index in [1.54, 1.807) is 0 Å².